The molecule has 4 nitrogen and oxygen atoms in total. The lowest BCUT2D eigenvalue weighted by atomic mass is 9.74. The van der Waals surface area contributed by atoms with Crippen molar-refractivity contribution in [1.82, 2.24) is 0 Å². The molecule has 3 heterocycles. The summed E-state index contributed by atoms with van der Waals surface area (Å²) in [4.78, 5) is 11.7. The largest absolute Gasteiger partial charge is 0.393 e. The predicted octanol–water partition coefficient (Wildman–Crippen LogP) is 1.68. The highest BCUT2D eigenvalue weighted by atomic mass is 17.2. The third-order valence-electron chi connectivity index (χ3n) is 6.04. The SMILES string of the molecule is C[C@@H]1[C@H]2[C@H]3OC[C@H](C)[C@@]34C=C[C@](C)(OO4)[C@H]2C[C@@H]1O. The summed E-state index contributed by atoms with van der Waals surface area (Å²) < 4.78 is 6.08. The molecule has 2 saturated heterocycles. The van der Waals surface area contributed by atoms with Gasteiger partial charge >= 0.3 is 0 Å². The molecule has 3 aliphatic heterocycles. The summed E-state index contributed by atoms with van der Waals surface area (Å²) >= 11 is 0. The van der Waals surface area contributed by atoms with Gasteiger partial charge in [-0.15, -0.1) is 0 Å². The Kier molecular flexibility index (Phi) is 2.34. The van der Waals surface area contributed by atoms with Crippen molar-refractivity contribution in [2.75, 3.05) is 6.61 Å². The Morgan fingerprint density at radius 3 is 2.68 bits per heavy atom. The van der Waals surface area contributed by atoms with Crippen LogP contribution in [0.1, 0.15) is 27.2 Å². The molecule has 1 spiro atoms. The summed E-state index contributed by atoms with van der Waals surface area (Å²) in [5.41, 5.74) is -0.897. The van der Waals surface area contributed by atoms with Crippen LogP contribution in [0, 0.1) is 23.7 Å². The van der Waals surface area contributed by atoms with Crippen molar-refractivity contribution < 1.29 is 19.6 Å². The van der Waals surface area contributed by atoms with E-state index in [1.807, 2.05) is 0 Å². The zero-order valence-corrected chi connectivity index (χ0v) is 11.7. The van der Waals surface area contributed by atoms with Gasteiger partial charge in [-0.3, -0.25) is 0 Å². The summed E-state index contributed by atoms with van der Waals surface area (Å²) in [5, 5.41) is 10.3. The third kappa shape index (κ3) is 1.33. The smallest absolute Gasteiger partial charge is 0.153 e. The maximum atomic E-state index is 10.3. The molecule has 4 heteroatoms. The fourth-order valence-electron chi connectivity index (χ4n) is 4.65. The zero-order chi connectivity index (χ0) is 13.4. The minimum atomic E-state index is -0.461. The molecular weight excluding hydrogens is 244 g/mol. The van der Waals surface area contributed by atoms with Crippen LogP contribution in [0.3, 0.4) is 0 Å². The van der Waals surface area contributed by atoms with Gasteiger partial charge < -0.3 is 9.84 Å². The number of ether oxygens (including phenoxy) is 1. The lowest BCUT2D eigenvalue weighted by Gasteiger charge is -2.38. The van der Waals surface area contributed by atoms with E-state index >= 15 is 0 Å². The highest BCUT2D eigenvalue weighted by molar-refractivity contribution is 5.26. The van der Waals surface area contributed by atoms with Gasteiger partial charge in [-0.1, -0.05) is 19.9 Å². The number of fused-ring (bicyclic) bond motifs is 1. The first kappa shape index (κ1) is 12.3. The topological polar surface area (TPSA) is 47.9 Å². The van der Waals surface area contributed by atoms with Crippen molar-refractivity contribution in [2.45, 2.75) is 50.6 Å². The molecule has 5 rings (SSSR count). The lowest BCUT2D eigenvalue weighted by Crippen LogP contribution is -2.48. The van der Waals surface area contributed by atoms with Crippen molar-refractivity contribution in [3.8, 4) is 0 Å². The Balaban J connectivity index is 1.86. The molecule has 1 saturated carbocycles. The summed E-state index contributed by atoms with van der Waals surface area (Å²) in [6.45, 7) is 7.03. The van der Waals surface area contributed by atoms with Gasteiger partial charge in [-0.25, -0.2) is 9.78 Å². The van der Waals surface area contributed by atoms with Crippen LogP contribution < -0.4 is 0 Å². The van der Waals surface area contributed by atoms with Crippen LogP contribution in [0.5, 0.6) is 0 Å². The van der Waals surface area contributed by atoms with Crippen LogP contribution in [0.15, 0.2) is 12.2 Å². The number of rotatable bonds is 0. The van der Waals surface area contributed by atoms with Crippen molar-refractivity contribution in [2.24, 2.45) is 23.7 Å². The second-order valence-electron chi connectivity index (χ2n) is 7.04. The van der Waals surface area contributed by atoms with Crippen molar-refractivity contribution in [3.05, 3.63) is 12.2 Å². The normalized spacial score (nSPS) is 62.9. The van der Waals surface area contributed by atoms with E-state index < -0.39 is 11.2 Å². The highest BCUT2D eigenvalue weighted by Crippen LogP contribution is 2.58. The molecule has 5 aliphatic rings. The van der Waals surface area contributed by atoms with Crippen LogP contribution >= 0.6 is 0 Å². The van der Waals surface area contributed by atoms with Crippen LogP contribution in [0.4, 0.5) is 0 Å². The van der Waals surface area contributed by atoms with Crippen LogP contribution in [-0.2, 0) is 14.5 Å². The van der Waals surface area contributed by atoms with E-state index in [9.17, 15) is 5.11 Å². The van der Waals surface area contributed by atoms with Gasteiger partial charge in [0, 0.05) is 11.8 Å². The van der Waals surface area contributed by atoms with Gasteiger partial charge in [-0.05, 0) is 31.3 Å². The third-order valence-corrected chi connectivity index (χ3v) is 6.04. The maximum absolute atomic E-state index is 10.3. The average molecular weight is 266 g/mol. The Morgan fingerprint density at radius 2 is 2.00 bits per heavy atom. The second kappa shape index (κ2) is 3.61. The first-order valence-electron chi connectivity index (χ1n) is 7.35. The van der Waals surface area contributed by atoms with Gasteiger partial charge in [-0.2, -0.15) is 0 Å². The van der Waals surface area contributed by atoms with E-state index in [0.29, 0.717) is 12.5 Å². The molecule has 2 aliphatic carbocycles. The molecule has 1 N–H and O–H groups in total. The Labute approximate surface area is 113 Å². The number of hydrogen-bond donors (Lipinski definition) is 1. The molecule has 0 aromatic carbocycles. The quantitative estimate of drug-likeness (QED) is 0.535. The van der Waals surface area contributed by atoms with E-state index in [1.165, 1.54) is 0 Å². The van der Waals surface area contributed by atoms with E-state index in [0.717, 1.165) is 6.42 Å². The standard InChI is InChI=1S/C15H22O4/c1-8-7-17-13-12-9(2)11(16)6-10(12)14(3)4-5-15(8,13)19-18-14/h4-5,8-13,16H,6-7H2,1-3H3/t8-,9-,10-,11-,12+,13+,14-,15-/m0/s1. The summed E-state index contributed by atoms with van der Waals surface area (Å²) in [5.74, 6) is 1.06. The molecule has 0 unspecified atom stereocenters. The van der Waals surface area contributed by atoms with E-state index in [1.54, 1.807) is 0 Å². The highest BCUT2D eigenvalue weighted by Gasteiger charge is 2.66. The molecule has 0 aromatic heterocycles. The molecule has 0 aromatic rings. The van der Waals surface area contributed by atoms with E-state index in [-0.39, 0.29) is 30.0 Å². The van der Waals surface area contributed by atoms with Gasteiger partial charge in [0.1, 0.15) is 5.60 Å². The van der Waals surface area contributed by atoms with Crippen LogP contribution in [0.2, 0.25) is 0 Å². The summed E-state index contributed by atoms with van der Waals surface area (Å²) in [6, 6.07) is 0. The summed E-state index contributed by atoms with van der Waals surface area (Å²) in [7, 11) is 0. The molecule has 0 amide bonds. The molecule has 0 radical (unpaired) electrons. The summed E-state index contributed by atoms with van der Waals surface area (Å²) in [6.07, 6.45) is 4.81. The maximum Gasteiger partial charge on any atom is 0.153 e. The average Bonchev–Trinajstić information content (AvgIpc) is 2.78. The van der Waals surface area contributed by atoms with Gasteiger partial charge in [0.15, 0.2) is 5.60 Å². The minimum Gasteiger partial charge on any atom is -0.393 e. The Bertz CT molecular complexity index is 436. The molecule has 8 atom stereocenters. The Morgan fingerprint density at radius 1 is 1.21 bits per heavy atom. The van der Waals surface area contributed by atoms with E-state index in [4.69, 9.17) is 14.5 Å². The van der Waals surface area contributed by atoms with Crippen molar-refractivity contribution in [1.29, 1.82) is 0 Å². The van der Waals surface area contributed by atoms with Gasteiger partial charge in [0.05, 0.1) is 18.8 Å². The fourth-order valence-corrected chi connectivity index (χ4v) is 4.65. The zero-order valence-electron chi connectivity index (χ0n) is 11.7. The fraction of sp³-hybridized carbons (Fsp3) is 0.867. The molecule has 2 bridgehead atoms. The van der Waals surface area contributed by atoms with Gasteiger partial charge in [0.25, 0.3) is 0 Å². The predicted molar refractivity (Wildman–Crippen MR) is 68.1 cm³/mol. The monoisotopic (exact) mass is 266 g/mol. The second-order valence-corrected chi connectivity index (χ2v) is 7.04. The first-order valence-corrected chi connectivity index (χ1v) is 7.35. The number of aliphatic hydroxyl groups excluding tert-OH is 1. The Hall–Kier alpha value is -0.420. The number of aliphatic hydroxyl groups is 1. The van der Waals surface area contributed by atoms with E-state index in [2.05, 4.69) is 32.9 Å². The van der Waals surface area contributed by atoms with Crippen molar-refractivity contribution >= 4 is 0 Å². The minimum absolute atomic E-state index is 0.000208. The number of hydrogen-bond acceptors (Lipinski definition) is 4. The first-order chi connectivity index (χ1) is 8.98. The molecular formula is C15H22O4. The van der Waals surface area contributed by atoms with Gasteiger partial charge in [0.2, 0.25) is 0 Å². The van der Waals surface area contributed by atoms with Crippen molar-refractivity contribution in [3.63, 3.8) is 0 Å². The molecule has 106 valence electrons. The molecule has 3 fully saturated rings. The molecule has 19 heavy (non-hydrogen) atoms. The van der Waals surface area contributed by atoms with Crippen LogP contribution in [0.25, 0.3) is 0 Å². The lowest BCUT2D eigenvalue weighted by molar-refractivity contribution is -0.405. The van der Waals surface area contributed by atoms with Crippen LogP contribution in [-0.4, -0.2) is 35.1 Å².